The van der Waals surface area contributed by atoms with Crippen LogP contribution in [0.5, 0.6) is 0 Å². The number of nitrogens with zero attached hydrogens (tertiary/aromatic N) is 1. The Balaban J connectivity index is 1.43. The third kappa shape index (κ3) is 6.55. The van der Waals surface area contributed by atoms with Gasteiger partial charge in [0, 0.05) is 18.0 Å². The molecule has 3 amide bonds. The molecule has 8 nitrogen and oxygen atoms in total. The Hall–Kier alpha value is -2.94. The van der Waals surface area contributed by atoms with Gasteiger partial charge >= 0.3 is 12.0 Å². The Bertz CT molecular complexity index is 865. The summed E-state index contributed by atoms with van der Waals surface area (Å²) in [5.41, 5.74) is 1.20. The highest BCUT2D eigenvalue weighted by Gasteiger charge is 2.23. The first-order valence-electron chi connectivity index (χ1n) is 10.1. The molecule has 0 spiro atoms. The summed E-state index contributed by atoms with van der Waals surface area (Å²) in [5, 5.41) is 10.3. The van der Waals surface area contributed by atoms with E-state index in [1.54, 1.807) is 5.38 Å². The smallest absolute Gasteiger partial charge is 0.358 e. The molecular formula is C21H26N4O4S. The lowest BCUT2D eigenvalue weighted by Gasteiger charge is -2.23. The van der Waals surface area contributed by atoms with Crippen LogP contribution in [-0.4, -0.2) is 35.0 Å². The van der Waals surface area contributed by atoms with E-state index in [4.69, 9.17) is 4.74 Å². The Morgan fingerprint density at radius 1 is 1.17 bits per heavy atom. The Kier molecular flexibility index (Phi) is 7.78. The number of hydrogen-bond acceptors (Lipinski definition) is 7. The molecule has 1 heterocycles. The van der Waals surface area contributed by atoms with Crippen LogP contribution in [0.1, 0.15) is 55.1 Å². The van der Waals surface area contributed by atoms with Gasteiger partial charge in [-0.05, 0) is 25.3 Å². The summed E-state index contributed by atoms with van der Waals surface area (Å²) in [6.45, 7) is 2.00. The van der Waals surface area contributed by atoms with Gasteiger partial charge in [-0.2, -0.15) is 0 Å². The predicted molar refractivity (Wildman–Crippen MR) is 114 cm³/mol. The fourth-order valence-electron chi connectivity index (χ4n) is 3.18. The molecule has 160 valence electrons. The molecule has 1 aliphatic rings. The normalized spacial score (nSPS) is 15.1. The average molecular weight is 431 g/mol. The molecule has 0 saturated heterocycles. The average Bonchev–Trinajstić information content (AvgIpc) is 3.23. The predicted octanol–water partition coefficient (Wildman–Crippen LogP) is 3.46. The van der Waals surface area contributed by atoms with E-state index in [0.717, 1.165) is 31.2 Å². The second kappa shape index (κ2) is 10.7. The molecule has 1 aliphatic carbocycles. The molecule has 1 aromatic heterocycles. The summed E-state index contributed by atoms with van der Waals surface area (Å²) >= 11 is 1.27. The lowest BCUT2D eigenvalue weighted by atomic mass is 9.96. The zero-order valence-corrected chi connectivity index (χ0v) is 17.7. The zero-order valence-electron chi connectivity index (χ0n) is 16.8. The molecule has 1 unspecified atom stereocenters. The van der Waals surface area contributed by atoms with Crippen LogP contribution in [0.15, 0.2) is 35.7 Å². The van der Waals surface area contributed by atoms with Gasteiger partial charge < -0.3 is 15.4 Å². The van der Waals surface area contributed by atoms with Crippen LogP contribution < -0.4 is 16.0 Å². The Morgan fingerprint density at radius 2 is 1.90 bits per heavy atom. The van der Waals surface area contributed by atoms with Crippen molar-refractivity contribution in [3.63, 3.8) is 0 Å². The highest BCUT2D eigenvalue weighted by Crippen LogP contribution is 2.18. The highest BCUT2D eigenvalue weighted by atomic mass is 32.1. The standard InChI is InChI=1S/C21H26N4O4S/c1-14(18(26)25-20(28)23-16-10-6-3-7-11-16)29-19(27)17-13-30-21(24-17)22-12-15-8-4-2-5-9-15/h2,4-5,8-9,13-14,16H,3,6-7,10-12H2,1H3,(H,22,24)(H2,23,25,26,28). The third-order valence-corrected chi connectivity index (χ3v) is 5.63. The number of carbonyl (C=O) groups excluding carboxylic acids is 3. The number of benzene rings is 1. The van der Waals surface area contributed by atoms with E-state index in [2.05, 4.69) is 20.9 Å². The van der Waals surface area contributed by atoms with Gasteiger partial charge in [0.1, 0.15) is 0 Å². The van der Waals surface area contributed by atoms with Crippen LogP contribution in [0.2, 0.25) is 0 Å². The Morgan fingerprint density at radius 3 is 2.63 bits per heavy atom. The number of carbonyl (C=O) groups is 3. The Labute approximate surface area is 179 Å². The van der Waals surface area contributed by atoms with Gasteiger partial charge in [0.15, 0.2) is 16.9 Å². The summed E-state index contributed by atoms with van der Waals surface area (Å²) in [6.07, 6.45) is 4.03. The van der Waals surface area contributed by atoms with Gasteiger partial charge in [-0.3, -0.25) is 10.1 Å². The number of rotatable bonds is 7. The summed E-state index contributed by atoms with van der Waals surface area (Å²) in [6, 6.07) is 9.34. The maximum Gasteiger partial charge on any atom is 0.358 e. The maximum atomic E-state index is 12.3. The van der Waals surface area contributed by atoms with Crippen LogP contribution >= 0.6 is 11.3 Å². The van der Waals surface area contributed by atoms with Crippen molar-refractivity contribution < 1.29 is 19.1 Å². The minimum atomic E-state index is -1.11. The minimum absolute atomic E-state index is 0.0845. The number of urea groups is 1. The first kappa shape index (κ1) is 21.8. The van der Waals surface area contributed by atoms with E-state index in [-0.39, 0.29) is 11.7 Å². The number of amides is 3. The number of ether oxygens (including phenoxy) is 1. The highest BCUT2D eigenvalue weighted by molar-refractivity contribution is 7.13. The molecule has 1 fully saturated rings. The largest absolute Gasteiger partial charge is 0.448 e. The summed E-state index contributed by atoms with van der Waals surface area (Å²) in [4.78, 5) is 40.6. The summed E-state index contributed by atoms with van der Waals surface area (Å²) in [5.74, 6) is -1.39. The van der Waals surface area contributed by atoms with E-state index < -0.39 is 24.0 Å². The second-order valence-electron chi connectivity index (χ2n) is 7.22. The molecule has 3 rings (SSSR count). The van der Waals surface area contributed by atoms with E-state index in [0.29, 0.717) is 11.7 Å². The molecule has 1 aromatic carbocycles. The lowest BCUT2D eigenvalue weighted by Crippen LogP contribution is -2.48. The molecule has 0 radical (unpaired) electrons. The molecule has 0 aliphatic heterocycles. The van der Waals surface area contributed by atoms with E-state index >= 15 is 0 Å². The first-order chi connectivity index (χ1) is 14.5. The molecule has 30 heavy (non-hydrogen) atoms. The van der Waals surface area contributed by atoms with Crippen LogP contribution in [0.4, 0.5) is 9.93 Å². The molecule has 3 N–H and O–H groups in total. The van der Waals surface area contributed by atoms with E-state index in [1.165, 1.54) is 24.7 Å². The van der Waals surface area contributed by atoms with Gasteiger partial charge in [-0.1, -0.05) is 49.6 Å². The second-order valence-corrected chi connectivity index (χ2v) is 8.08. The maximum absolute atomic E-state index is 12.3. The number of imide groups is 1. The van der Waals surface area contributed by atoms with Crippen molar-refractivity contribution in [1.82, 2.24) is 15.6 Å². The molecule has 9 heteroatoms. The fourth-order valence-corrected chi connectivity index (χ4v) is 3.86. The van der Waals surface area contributed by atoms with Crippen molar-refractivity contribution >= 4 is 34.4 Å². The quantitative estimate of drug-likeness (QED) is 0.581. The topological polar surface area (TPSA) is 109 Å². The summed E-state index contributed by atoms with van der Waals surface area (Å²) < 4.78 is 5.15. The number of hydrogen-bond donors (Lipinski definition) is 3. The van der Waals surface area contributed by atoms with Crippen LogP contribution in [0.25, 0.3) is 0 Å². The van der Waals surface area contributed by atoms with Crippen molar-refractivity contribution in [2.45, 2.75) is 57.7 Å². The van der Waals surface area contributed by atoms with Gasteiger partial charge in [-0.15, -0.1) is 11.3 Å². The van der Waals surface area contributed by atoms with Gasteiger partial charge in [0.2, 0.25) is 0 Å². The molecular weight excluding hydrogens is 404 g/mol. The molecule has 1 saturated carbocycles. The fraction of sp³-hybridized carbons (Fsp3) is 0.429. The van der Waals surface area contributed by atoms with E-state index in [9.17, 15) is 14.4 Å². The zero-order chi connectivity index (χ0) is 21.3. The van der Waals surface area contributed by atoms with E-state index in [1.807, 2.05) is 30.3 Å². The van der Waals surface area contributed by atoms with Gasteiger partial charge in [-0.25, -0.2) is 14.6 Å². The van der Waals surface area contributed by atoms with Crippen molar-refractivity contribution in [2.75, 3.05) is 5.32 Å². The van der Waals surface area contributed by atoms with Crippen LogP contribution in [-0.2, 0) is 16.1 Å². The van der Waals surface area contributed by atoms with Crippen LogP contribution in [0.3, 0.4) is 0 Å². The van der Waals surface area contributed by atoms with Gasteiger partial charge in [0.25, 0.3) is 5.91 Å². The van der Waals surface area contributed by atoms with Crippen molar-refractivity contribution in [3.05, 3.63) is 47.0 Å². The number of thiazole rings is 1. The molecule has 2 aromatic rings. The molecule has 0 bridgehead atoms. The van der Waals surface area contributed by atoms with Crippen molar-refractivity contribution in [2.24, 2.45) is 0 Å². The third-order valence-electron chi connectivity index (χ3n) is 4.83. The molecule has 1 atom stereocenters. The van der Waals surface area contributed by atoms with Gasteiger partial charge in [0.05, 0.1) is 0 Å². The van der Waals surface area contributed by atoms with Crippen molar-refractivity contribution in [3.8, 4) is 0 Å². The number of anilines is 1. The van der Waals surface area contributed by atoms with Crippen LogP contribution in [0, 0.1) is 0 Å². The SMILES string of the molecule is CC(OC(=O)c1csc(NCc2ccccc2)n1)C(=O)NC(=O)NC1CCCCC1. The lowest BCUT2D eigenvalue weighted by molar-refractivity contribution is -0.127. The monoisotopic (exact) mass is 430 g/mol. The van der Waals surface area contributed by atoms with Crippen molar-refractivity contribution in [1.29, 1.82) is 0 Å². The number of nitrogens with one attached hydrogen (secondary N) is 3. The number of aromatic nitrogens is 1. The minimum Gasteiger partial charge on any atom is -0.448 e. The first-order valence-corrected chi connectivity index (χ1v) is 10.9. The number of esters is 1. The summed E-state index contributed by atoms with van der Waals surface area (Å²) in [7, 11) is 0.